The van der Waals surface area contributed by atoms with Crippen molar-refractivity contribution in [2.45, 2.75) is 70.2 Å². The minimum Gasteiger partial charge on any atom is -0.394 e. The number of ether oxygens (including phenoxy) is 1. The minimum atomic E-state index is -1.10. The highest BCUT2D eigenvalue weighted by Crippen LogP contribution is 2.64. The number of carbonyl (C=O) groups excluding carboxylic acids is 3. The number of likely N-dealkylation sites (tertiary alicyclic amines) is 1. The lowest BCUT2D eigenvalue weighted by Crippen LogP contribution is -2.55. The van der Waals surface area contributed by atoms with Crippen LogP contribution < -0.4 is 15.5 Å². The van der Waals surface area contributed by atoms with Crippen LogP contribution in [0.2, 0.25) is 0 Å². The van der Waals surface area contributed by atoms with E-state index in [0.29, 0.717) is 24.9 Å². The maximum absolute atomic E-state index is 13.8. The normalized spacial score (nSPS) is 31.9. The summed E-state index contributed by atoms with van der Waals surface area (Å²) in [4.78, 5) is 44.2. The van der Waals surface area contributed by atoms with Gasteiger partial charge in [-0.15, -0.1) is 0 Å². The van der Waals surface area contributed by atoms with Crippen molar-refractivity contribution in [2.75, 3.05) is 37.0 Å². The van der Waals surface area contributed by atoms with Crippen LogP contribution in [0.4, 0.5) is 11.4 Å². The molecule has 9 nitrogen and oxygen atoms in total. The monoisotopic (exact) mass is 486 g/mol. The summed E-state index contributed by atoms with van der Waals surface area (Å²) in [5.74, 6) is -2.32. The molecule has 3 amide bonds. The van der Waals surface area contributed by atoms with Gasteiger partial charge in [0.2, 0.25) is 17.7 Å². The second kappa shape index (κ2) is 9.43. The summed E-state index contributed by atoms with van der Waals surface area (Å²) in [5, 5.41) is 15.6. The van der Waals surface area contributed by atoms with Crippen LogP contribution in [-0.2, 0) is 19.1 Å². The molecular weight excluding hydrogens is 448 g/mol. The Morgan fingerprint density at radius 3 is 2.37 bits per heavy atom. The van der Waals surface area contributed by atoms with Gasteiger partial charge in [-0.05, 0) is 64.3 Å². The van der Waals surface area contributed by atoms with Gasteiger partial charge in [-0.3, -0.25) is 14.4 Å². The molecule has 6 atom stereocenters. The van der Waals surface area contributed by atoms with Crippen LogP contribution in [0.25, 0.3) is 0 Å². The summed E-state index contributed by atoms with van der Waals surface area (Å²) in [7, 11) is 1.56. The highest BCUT2D eigenvalue weighted by molar-refractivity contribution is 6.04. The van der Waals surface area contributed by atoms with Gasteiger partial charge in [-0.25, -0.2) is 0 Å². The zero-order chi connectivity index (χ0) is 25.5. The van der Waals surface area contributed by atoms with Gasteiger partial charge < -0.3 is 30.3 Å². The van der Waals surface area contributed by atoms with Gasteiger partial charge >= 0.3 is 0 Å². The van der Waals surface area contributed by atoms with Gasteiger partial charge in [-0.1, -0.05) is 6.92 Å². The molecule has 35 heavy (non-hydrogen) atoms. The van der Waals surface area contributed by atoms with Crippen LogP contribution in [0.5, 0.6) is 0 Å². The first-order valence-electron chi connectivity index (χ1n) is 12.7. The van der Waals surface area contributed by atoms with Gasteiger partial charge in [0.25, 0.3) is 0 Å². The number of rotatable bonds is 9. The zero-order valence-corrected chi connectivity index (χ0v) is 21.3. The Balaban J connectivity index is 1.69. The van der Waals surface area contributed by atoms with Crippen LogP contribution in [0.3, 0.4) is 0 Å². The van der Waals surface area contributed by atoms with Gasteiger partial charge in [0.15, 0.2) is 0 Å². The third-order valence-electron chi connectivity index (χ3n) is 8.40. The minimum absolute atomic E-state index is 0.239. The van der Waals surface area contributed by atoms with Crippen LogP contribution in [0.1, 0.15) is 47.0 Å². The fraction of sp³-hybridized carbons (Fsp3) is 0.654. The first kappa shape index (κ1) is 25.4. The number of anilines is 2. The van der Waals surface area contributed by atoms with Crippen LogP contribution in [0.15, 0.2) is 24.3 Å². The number of fused-ring (bicyclic) bond motifs is 1. The Bertz CT molecular complexity index is 980. The molecular formula is C26H38N4O5. The molecule has 3 aliphatic heterocycles. The fourth-order valence-corrected chi connectivity index (χ4v) is 6.63. The Labute approximate surface area is 207 Å². The van der Waals surface area contributed by atoms with Crippen molar-refractivity contribution in [2.24, 2.45) is 11.8 Å². The van der Waals surface area contributed by atoms with Crippen molar-refractivity contribution in [1.29, 1.82) is 0 Å². The van der Waals surface area contributed by atoms with Crippen LogP contribution >= 0.6 is 0 Å². The van der Waals surface area contributed by atoms with Gasteiger partial charge in [0.05, 0.1) is 30.1 Å². The molecule has 3 aliphatic rings. The number of hydrogen-bond acceptors (Lipinski definition) is 6. The molecule has 3 heterocycles. The average Bonchev–Trinajstić information content (AvgIpc) is 3.48. The first-order valence-corrected chi connectivity index (χ1v) is 12.7. The third kappa shape index (κ3) is 3.71. The molecule has 0 radical (unpaired) electrons. The average molecular weight is 487 g/mol. The summed E-state index contributed by atoms with van der Waals surface area (Å²) in [6, 6.07) is 6.10. The highest BCUT2D eigenvalue weighted by Gasteiger charge is 2.78. The maximum Gasteiger partial charge on any atom is 0.250 e. The molecule has 1 aromatic carbocycles. The Hall–Kier alpha value is -2.65. The molecule has 1 spiro atoms. The van der Waals surface area contributed by atoms with Gasteiger partial charge in [0, 0.05) is 31.5 Å². The SMILES string of the molecule is CCN(CC)c1ccc(NC(=O)C2N([C@H](C)CO)C(=O)[C@@H]3[C@@H](C(=O)NC)[C@@]4(CC)CCC23O4)cc1. The van der Waals surface area contributed by atoms with E-state index < -0.39 is 35.1 Å². The number of amides is 3. The van der Waals surface area contributed by atoms with Crippen LogP contribution in [-0.4, -0.2) is 77.8 Å². The van der Waals surface area contributed by atoms with E-state index in [4.69, 9.17) is 4.74 Å². The van der Waals surface area contributed by atoms with E-state index in [-0.39, 0.29) is 24.3 Å². The molecule has 2 bridgehead atoms. The molecule has 3 N–H and O–H groups in total. The predicted molar refractivity (Wildman–Crippen MR) is 133 cm³/mol. The quantitative estimate of drug-likeness (QED) is 0.491. The molecule has 0 aromatic heterocycles. The Kier molecular flexibility index (Phi) is 6.85. The van der Waals surface area contributed by atoms with E-state index in [2.05, 4.69) is 29.4 Å². The van der Waals surface area contributed by atoms with Gasteiger partial charge in [-0.2, -0.15) is 0 Å². The summed E-state index contributed by atoms with van der Waals surface area (Å²) in [6.45, 7) is 9.33. The lowest BCUT2D eigenvalue weighted by molar-refractivity contribution is -0.148. The number of nitrogens with one attached hydrogen (secondary N) is 2. The molecule has 9 heteroatoms. The lowest BCUT2D eigenvalue weighted by Gasteiger charge is -2.36. The van der Waals surface area contributed by atoms with Crippen LogP contribution in [0, 0.1) is 11.8 Å². The number of nitrogens with zero attached hydrogens (tertiary/aromatic N) is 2. The second-order valence-corrected chi connectivity index (χ2v) is 9.93. The molecule has 3 fully saturated rings. The summed E-state index contributed by atoms with van der Waals surface area (Å²) in [6.07, 6.45) is 1.70. The number of carbonyl (C=O) groups is 3. The smallest absolute Gasteiger partial charge is 0.250 e. The van der Waals surface area contributed by atoms with E-state index in [1.165, 1.54) is 4.90 Å². The maximum atomic E-state index is 13.8. The molecule has 192 valence electrons. The van der Waals surface area contributed by atoms with Crippen molar-refractivity contribution in [3.63, 3.8) is 0 Å². The fourth-order valence-electron chi connectivity index (χ4n) is 6.63. The topological polar surface area (TPSA) is 111 Å². The predicted octanol–water partition coefficient (Wildman–Crippen LogP) is 1.75. The Morgan fingerprint density at radius 2 is 1.83 bits per heavy atom. The zero-order valence-electron chi connectivity index (χ0n) is 21.3. The Morgan fingerprint density at radius 1 is 1.17 bits per heavy atom. The van der Waals surface area contributed by atoms with E-state index >= 15 is 0 Å². The van der Waals surface area contributed by atoms with Crippen molar-refractivity contribution < 1.29 is 24.2 Å². The number of aliphatic hydroxyl groups excluding tert-OH is 1. The molecule has 1 aromatic rings. The largest absolute Gasteiger partial charge is 0.394 e. The summed E-state index contributed by atoms with van der Waals surface area (Å²) >= 11 is 0. The number of hydrogen-bond donors (Lipinski definition) is 3. The van der Waals surface area contributed by atoms with E-state index in [1.54, 1.807) is 14.0 Å². The molecule has 0 aliphatic carbocycles. The van der Waals surface area contributed by atoms with Crippen molar-refractivity contribution in [3.05, 3.63) is 24.3 Å². The molecule has 0 saturated carbocycles. The summed E-state index contributed by atoms with van der Waals surface area (Å²) < 4.78 is 6.63. The van der Waals surface area contributed by atoms with Crippen molar-refractivity contribution in [1.82, 2.24) is 10.2 Å². The first-order chi connectivity index (χ1) is 16.7. The van der Waals surface area contributed by atoms with Gasteiger partial charge in [0.1, 0.15) is 11.6 Å². The third-order valence-corrected chi connectivity index (χ3v) is 8.40. The highest BCUT2D eigenvalue weighted by atomic mass is 16.5. The standard InChI is InChI=1S/C26H38N4O5/c1-6-25-13-14-26(35-25)20(19(25)22(32)27-5)24(34)30(16(4)15-31)21(26)23(33)28-17-9-11-18(12-10-17)29(7-2)8-3/h9-12,16,19-21,31H,6-8,13-15H2,1-5H3,(H,27,32)(H,28,33)/t16-,19+,20+,21?,25-,26?/m1/s1. The molecule has 3 saturated heterocycles. The number of benzene rings is 1. The molecule has 2 unspecified atom stereocenters. The van der Waals surface area contributed by atoms with Crippen molar-refractivity contribution >= 4 is 29.1 Å². The molecule has 4 rings (SSSR count). The second-order valence-electron chi connectivity index (χ2n) is 9.93. The lowest BCUT2D eigenvalue weighted by atomic mass is 9.65. The van der Waals surface area contributed by atoms with E-state index in [0.717, 1.165) is 18.8 Å². The van der Waals surface area contributed by atoms with E-state index in [9.17, 15) is 19.5 Å². The van der Waals surface area contributed by atoms with Crippen molar-refractivity contribution in [3.8, 4) is 0 Å². The number of aliphatic hydroxyl groups is 1. The van der Waals surface area contributed by atoms with E-state index in [1.807, 2.05) is 31.2 Å². The summed E-state index contributed by atoms with van der Waals surface area (Å²) in [5.41, 5.74) is -0.178.